The van der Waals surface area contributed by atoms with E-state index in [9.17, 15) is 14.4 Å². The molecule has 0 aliphatic rings. The van der Waals surface area contributed by atoms with Gasteiger partial charge in [0.05, 0.1) is 11.3 Å². The summed E-state index contributed by atoms with van der Waals surface area (Å²) < 4.78 is 10.5. The molecule has 0 saturated heterocycles. The first-order valence-electron chi connectivity index (χ1n) is 8.20. The van der Waals surface area contributed by atoms with Crippen molar-refractivity contribution in [2.24, 2.45) is 0 Å². The van der Waals surface area contributed by atoms with Gasteiger partial charge in [-0.05, 0) is 48.6 Å². The van der Waals surface area contributed by atoms with Crippen LogP contribution < -0.4 is 5.63 Å². The predicted molar refractivity (Wildman–Crippen MR) is 99.6 cm³/mol. The van der Waals surface area contributed by atoms with Crippen LogP contribution in [0.4, 0.5) is 0 Å². The molecule has 0 spiro atoms. The molecule has 1 aromatic carbocycles. The van der Waals surface area contributed by atoms with Crippen LogP contribution >= 0.6 is 11.3 Å². The van der Waals surface area contributed by atoms with Gasteiger partial charge in [0.2, 0.25) is 0 Å². The van der Waals surface area contributed by atoms with Crippen molar-refractivity contribution in [1.29, 1.82) is 0 Å². The van der Waals surface area contributed by atoms with Gasteiger partial charge in [0.1, 0.15) is 12.2 Å². The molecular formula is C20H18O5S. The van der Waals surface area contributed by atoms with Gasteiger partial charge >= 0.3 is 11.6 Å². The zero-order chi connectivity index (χ0) is 18.7. The number of carbonyl (C=O) groups excluding carboxylic acids is 2. The summed E-state index contributed by atoms with van der Waals surface area (Å²) >= 11 is 1.35. The highest BCUT2D eigenvalue weighted by atomic mass is 32.1. The molecule has 0 amide bonds. The highest BCUT2D eigenvalue weighted by molar-refractivity contribution is 7.12. The number of esters is 1. The van der Waals surface area contributed by atoms with E-state index in [4.69, 9.17) is 9.15 Å². The van der Waals surface area contributed by atoms with Crippen LogP contribution in [0.2, 0.25) is 0 Å². The van der Waals surface area contributed by atoms with Gasteiger partial charge < -0.3 is 9.15 Å². The smallest absolute Gasteiger partial charge is 0.336 e. The van der Waals surface area contributed by atoms with Crippen LogP contribution in [0, 0.1) is 13.8 Å². The fourth-order valence-corrected chi connectivity index (χ4v) is 3.30. The van der Waals surface area contributed by atoms with E-state index in [1.807, 2.05) is 25.3 Å². The molecule has 0 fully saturated rings. The van der Waals surface area contributed by atoms with Crippen molar-refractivity contribution in [1.82, 2.24) is 0 Å². The molecule has 2 aromatic heterocycles. The summed E-state index contributed by atoms with van der Waals surface area (Å²) in [5.41, 5.74) is 2.65. The highest BCUT2D eigenvalue weighted by Gasteiger charge is 2.13. The van der Waals surface area contributed by atoms with Gasteiger partial charge in [-0.25, -0.2) is 4.79 Å². The number of ether oxygens (including phenoxy) is 1. The third kappa shape index (κ3) is 4.08. The van der Waals surface area contributed by atoms with E-state index in [1.54, 1.807) is 18.2 Å². The number of ketones is 1. The highest BCUT2D eigenvalue weighted by Crippen LogP contribution is 2.22. The minimum Gasteiger partial charge on any atom is -0.461 e. The van der Waals surface area contributed by atoms with Gasteiger partial charge in [0, 0.05) is 23.4 Å². The number of hydrogen-bond donors (Lipinski definition) is 0. The second kappa shape index (κ2) is 7.66. The Bertz CT molecular complexity index is 1010. The maximum absolute atomic E-state index is 12.0. The van der Waals surface area contributed by atoms with Crippen molar-refractivity contribution in [2.75, 3.05) is 0 Å². The molecule has 0 bridgehead atoms. The summed E-state index contributed by atoms with van der Waals surface area (Å²) in [6.07, 6.45) is 0.115. The molecule has 0 N–H and O–H groups in total. The topological polar surface area (TPSA) is 73.6 Å². The Balaban J connectivity index is 1.67. The zero-order valence-corrected chi connectivity index (χ0v) is 15.4. The first-order chi connectivity index (χ1) is 12.4. The molecule has 0 unspecified atom stereocenters. The molecule has 0 aliphatic carbocycles. The van der Waals surface area contributed by atoms with E-state index >= 15 is 0 Å². The lowest BCUT2D eigenvalue weighted by molar-refractivity contribution is -0.144. The first kappa shape index (κ1) is 18.1. The van der Waals surface area contributed by atoms with Crippen molar-refractivity contribution in [3.05, 3.63) is 67.7 Å². The second-order valence-electron chi connectivity index (χ2n) is 6.08. The molecule has 5 nitrogen and oxygen atoms in total. The van der Waals surface area contributed by atoms with E-state index in [1.165, 1.54) is 17.4 Å². The number of carbonyl (C=O) groups is 2. The summed E-state index contributed by atoms with van der Waals surface area (Å²) in [5, 5.41) is 2.57. The molecular weight excluding hydrogens is 352 g/mol. The molecule has 2 heterocycles. The lowest BCUT2D eigenvalue weighted by Crippen LogP contribution is -2.09. The average Bonchev–Trinajstić information content (AvgIpc) is 3.14. The Labute approximate surface area is 154 Å². The number of thiophene rings is 1. The first-order valence-corrected chi connectivity index (χ1v) is 9.08. The second-order valence-corrected chi connectivity index (χ2v) is 7.03. The normalized spacial score (nSPS) is 10.8. The fourth-order valence-electron chi connectivity index (χ4n) is 2.61. The van der Waals surface area contributed by atoms with Gasteiger partial charge in [-0.1, -0.05) is 6.07 Å². The van der Waals surface area contributed by atoms with E-state index in [0.717, 1.165) is 16.5 Å². The van der Waals surface area contributed by atoms with Gasteiger partial charge in [-0.3, -0.25) is 9.59 Å². The molecule has 3 rings (SSSR count). The molecule has 6 heteroatoms. The summed E-state index contributed by atoms with van der Waals surface area (Å²) in [6, 6.07) is 8.58. The van der Waals surface area contributed by atoms with Crippen molar-refractivity contribution >= 4 is 34.1 Å². The van der Waals surface area contributed by atoms with Gasteiger partial charge in [-0.2, -0.15) is 0 Å². The average molecular weight is 370 g/mol. The van der Waals surface area contributed by atoms with Crippen LogP contribution in [0.3, 0.4) is 0 Å². The molecule has 3 aromatic rings. The van der Waals surface area contributed by atoms with Gasteiger partial charge in [0.15, 0.2) is 5.78 Å². The maximum Gasteiger partial charge on any atom is 0.336 e. The summed E-state index contributed by atoms with van der Waals surface area (Å²) in [6.45, 7) is 3.87. The lowest BCUT2D eigenvalue weighted by atomic mass is 10.0. The SMILES string of the molecule is Cc1cc2oc(=O)cc(COC(=O)CCC(=O)c3cccs3)c2cc1C. The van der Waals surface area contributed by atoms with E-state index in [0.29, 0.717) is 16.0 Å². The number of Topliss-reactive ketones (excluding diaryl/α,β-unsaturated/α-hetero) is 1. The van der Waals surface area contributed by atoms with E-state index < -0.39 is 11.6 Å². The molecule has 0 atom stereocenters. The van der Waals surface area contributed by atoms with Crippen LogP contribution in [0.25, 0.3) is 11.0 Å². The predicted octanol–water partition coefficient (Wildman–Crippen LogP) is 4.18. The van der Waals surface area contributed by atoms with Crippen LogP contribution in [0.1, 0.15) is 39.2 Å². The Morgan fingerprint density at radius 2 is 1.88 bits per heavy atom. The number of rotatable bonds is 6. The Hall–Kier alpha value is -2.73. The van der Waals surface area contributed by atoms with Gasteiger partial charge in [-0.15, -0.1) is 11.3 Å². The quantitative estimate of drug-likeness (QED) is 0.370. The van der Waals surface area contributed by atoms with Crippen molar-refractivity contribution in [2.45, 2.75) is 33.3 Å². The van der Waals surface area contributed by atoms with E-state index in [-0.39, 0.29) is 25.2 Å². The summed E-state index contributed by atoms with van der Waals surface area (Å²) in [4.78, 5) is 36.3. The largest absolute Gasteiger partial charge is 0.461 e. The minimum absolute atomic E-state index is 0.00818. The third-order valence-electron chi connectivity index (χ3n) is 4.19. The maximum atomic E-state index is 12.0. The molecule has 26 heavy (non-hydrogen) atoms. The van der Waals surface area contributed by atoms with Crippen LogP contribution in [0.15, 0.2) is 44.9 Å². The number of benzene rings is 1. The Morgan fingerprint density at radius 1 is 1.12 bits per heavy atom. The zero-order valence-electron chi connectivity index (χ0n) is 14.5. The fraction of sp³-hybridized carbons (Fsp3) is 0.250. The number of hydrogen-bond acceptors (Lipinski definition) is 6. The third-order valence-corrected chi connectivity index (χ3v) is 5.10. The Morgan fingerprint density at radius 3 is 2.62 bits per heavy atom. The molecule has 134 valence electrons. The Kier molecular flexibility index (Phi) is 5.32. The van der Waals surface area contributed by atoms with Gasteiger partial charge in [0.25, 0.3) is 0 Å². The molecule has 0 radical (unpaired) electrons. The standard InChI is InChI=1S/C20H18O5S/c1-12-8-15-14(10-20(23)25-17(15)9-13(12)2)11-24-19(22)6-5-16(21)18-4-3-7-26-18/h3-4,7-10H,5-6,11H2,1-2H3. The van der Waals surface area contributed by atoms with Crippen molar-refractivity contribution in [3.63, 3.8) is 0 Å². The van der Waals surface area contributed by atoms with Crippen molar-refractivity contribution < 1.29 is 18.7 Å². The summed E-state index contributed by atoms with van der Waals surface area (Å²) in [5.74, 6) is -0.547. The van der Waals surface area contributed by atoms with Crippen molar-refractivity contribution in [3.8, 4) is 0 Å². The summed E-state index contributed by atoms with van der Waals surface area (Å²) in [7, 11) is 0. The van der Waals surface area contributed by atoms with Crippen LogP contribution in [0.5, 0.6) is 0 Å². The molecule has 0 aliphatic heterocycles. The lowest BCUT2D eigenvalue weighted by Gasteiger charge is -2.09. The monoisotopic (exact) mass is 370 g/mol. The van der Waals surface area contributed by atoms with Crippen LogP contribution in [-0.4, -0.2) is 11.8 Å². The number of fused-ring (bicyclic) bond motifs is 1. The number of aryl methyl sites for hydroxylation is 2. The molecule has 0 saturated carbocycles. The van der Waals surface area contributed by atoms with E-state index in [2.05, 4.69) is 0 Å². The minimum atomic E-state index is -0.486. The van der Waals surface area contributed by atoms with Crippen LogP contribution in [-0.2, 0) is 16.1 Å².